The lowest BCUT2D eigenvalue weighted by Gasteiger charge is -2.16. The highest BCUT2D eigenvalue weighted by molar-refractivity contribution is 7.81. The van der Waals surface area contributed by atoms with Crippen LogP contribution in [-0.4, -0.2) is 32.9 Å². The lowest BCUT2D eigenvalue weighted by Crippen LogP contribution is -2.27. The van der Waals surface area contributed by atoms with Crippen LogP contribution in [0.3, 0.4) is 0 Å². The van der Waals surface area contributed by atoms with E-state index in [0.29, 0.717) is 10.1 Å². The van der Waals surface area contributed by atoms with Crippen molar-refractivity contribution < 1.29 is 18.3 Å². The quantitative estimate of drug-likeness (QED) is 0.584. The topological polar surface area (TPSA) is 106 Å². The van der Waals surface area contributed by atoms with Gasteiger partial charge >= 0.3 is 5.97 Å². The minimum atomic E-state index is -2.22. The lowest BCUT2D eigenvalue weighted by molar-refractivity contribution is -0.142. The fraction of sp³-hybridized carbons (Fsp3) is 0.500. The molecule has 1 unspecified atom stereocenters. The molecule has 0 fully saturated rings. The van der Waals surface area contributed by atoms with Crippen LogP contribution in [0.1, 0.15) is 13.3 Å². The lowest BCUT2D eigenvalue weighted by atomic mass is 10.4. The van der Waals surface area contributed by atoms with Crippen molar-refractivity contribution in [1.82, 2.24) is 4.98 Å². The van der Waals surface area contributed by atoms with Crippen LogP contribution >= 0.6 is 11.3 Å². The summed E-state index contributed by atoms with van der Waals surface area (Å²) in [7, 11) is 0. The van der Waals surface area contributed by atoms with Crippen molar-refractivity contribution in [3.63, 3.8) is 0 Å². The summed E-state index contributed by atoms with van der Waals surface area (Å²) in [4.78, 5) is 14.9. The zero-order valence-electron chi connectivity index (χ0n) is 9.16. The van der Waals surface area contributed by atoms with Crippen molar-refractivity contribution >= 4 is 38.7 Å². The van der Waals surface area contributed by atoms with Crippen LogP contribution in [0.15, 0.2) is 6.20 Å². The van der Waals surface area contributed by atoms with Crippen LogP contribution in [0, 0.1) is 0 Å². The second-order valence-corrected chi connectivity index (χ2v) is 4.87. The van der Waals surface area contributed by atoms with Gasteiger partial charge in [-0.25, -0.2) is 9.19 Å². The third-order valence-electron chi connectivity index (χ3n) is 1.77. The number of ether oxygens (including phenoxy) is 1. The van der Waals surface area contributed by atoms with E-state index in [0.717, 1.165) is 15.6 Å². The number of nitrogen functional groups attached to an aromatic ring is 1. The predicted molar refractivity (Wildman–Crippen MR) is 65.9 cm³/mol. The Hall–Kier alpha value is -1.19. The second kappa shape index (κ2) is 6.52. The van der Waals surface area contributed by atoms with Crippen LogP contribution in [-0.2, 0) is 20.8 Å². The molecule has 0 aromatic carbocycles. The number of rotatable bonds is 6. The van der Waals surface area contributed by atoms with Crippen molar-refractivity contribution in [2.75, 3.05) is 23.2 Å². The van der Waals surface area contributed by atoms with Gasteiger partial charge in [-0.05, 0) is 6.92 Å². The summed E-state index contributed by atoms with van der Waals surface area (Å²) >= 11 is -1.14. The van der Waals surface area contributed by atoms with Crippen molar-refractivity contribution in [2.24, 2.45) is 0 Å². The molecule has 1 aromatic heterocycles. The largest absolute Gasteiger partial charge is 0.466 e. The summed E-state index contributed by atoms with van der Waals surface area (Å²) in [5, 5.41) is 0.735. The van der Waals surface area contributed by atoms with Crippen molar-refractivity contribution in [3.05, 3.63) is 6.20 Å². The Morgan fingerprint density at radius 1 is 1.76 bits per heavy atom. The number of carbonyl (C=O) groups excluding carboxylic acids is 1. The fourth-order valence-electron chi connectivity index (χ4n) is 1.09. The van der Waals surface area contributed by atoms with Gasteiger partial charge in [0.15, 0.2) is 5.13 Å². The minimum absolute atomic E-state index is 0.0257. The first-order chi connectivity index (χ1) is 8.04. The molecule has 0 aliphatic rings. The fourth-order valence-corrected chi connectivity index (χ4v) is 2.46. The van der Waals surface area contributed by atoms with E-state index in [2.05, 4.69) is 4.98 Å². The van der Waals surface area contributed by atoms with Gasteiger partial charge < -0.3 is 10.5 Å². The maximum Gasteiger partial charge on any atom is 0.307 e. The van der Waals surface area contributed by atoms with Gasteiger partial charge in [-0.1, -0.05) is 11.3 Å². The molecular weight excluding hydrogens is 266 g/mol. The van der Waals surface area contributed by atoms with Crippen LogP contribution in [0.2, 0.25) is 0 Å². The molecule has 17 heavy (non-hydrogen) atoms. The summed E-state index contributed by atoms with van der Waals surface area (Å²) in [5.41, 5.74) is 5.43. The van der Waals surface area contributed by atoms with E-state index in [-0.39, 0.29) is 19.6 Å². The number of carbonyl (C=O) groups is 1. The van der Waals surface area contributed by atoms with Crippen LogP contribution < -0.4 is 10.0 Å². The Morgan fingerprint density at radius 3 is 2.94 bits per heavy atom. The molecule has 0 saturated carbocycles. The highest BCUT2D eigenvalue weighted by Gasteiger charge is 2.17. The van der Waals surface area contributed by atoms with Crippen molar-refractivity contribution in [3.8, 4) is 0 Å². The number of anilines is 2. The zero-order valence-corrected chi connectivity index (χ0v) is 10.8. The molecule has 0 amide bonds. The van der Waals surface area contributed by atoms with E-state index in [9.17, 15) is 9.00 Å². The summed E-state index contributed by atoms with van der Waals surface area (Å²) in [6.45, 7) is 2.06. The van der Waals surface area contributed by atoms with Gasteiger partial charge in [-0.3, -0.25) is 13.7 Å². The molecule has 0 saturated heterocycles. The van der Waals surface area contributed by atoms with Gasteiger partial charge in [-0.2, -0.15) is 0 Å². The van der Waals surface area contributed by atoms with E-state index in [4.69, 9.17) is 15.0 Å². The van der Waals surface area contributed by atoms with Gasteiger partial charge in [0.05, 0.1) is 19.2 Å². The number of hydrogen-bond donors (Lipinski definition) is 2. The SMILES string of the molecule is CCOC(=O)CCN(c1cnc(N)s1)S(=O)O. The highest BCUT2D eigenvalue weighted by atomic mass is 32.2. The maximum absolute atomic E-state index is 11.1. The number of thiazole rings is 1. The van der Waals surface area contributed by atoms with Gasteiger partial charge in [0.2, 0.25) is 0 Å². The number of esters is 1. The van der Waals surface area contributed by atoms with E-state index >= 15 is 0 Å². The summed E-state index contributed by atoms with van der Waals surface area (Å²) < 4.78 is 26.1. The predicted octanol–water partition coefficient (Wildman–Crippen LogP) is 0.622. The minimum Gasteiger partial charge on any atom is -0.466 e. The molecule has 9 heteroatoms. The molecule has 7 nitrogen and oxygen atoms in total. The third kappa shape index (κ3) is 4.29. The molecular formula is C8H13N3O4S2. The zero-order chi connectivity index (χ0) is 12.8. The van der Waals surface area contributed by atoms with Gasteiger partial charge in [0.1, 0.15) is 5.00 Å². The average molecular weight is 279 g/mol. The molecule has 0 aliphatic heterocycles. The highest BCUT2D eigenvalue weighted by Crippen LogP contribution is 2.25. The molecule has 0 aliphatic carbocycles. The van der Waals surface area contributed by atoms with Crippen molar-refractivity contribution in [2.45, 2.75) is 13.3 Å². The standard InChI is InChI=1S/C8H13N3O4S2/c1-2-15-7(12)3-4-11(17(13)14)6-5-10-8(9)16-6/h5H,2-4H2,1H3,(H2,9,10)(H,13,14). The monoisotopic (exact) mass is 279 g/mol. The molecule has 1 aromatic rings. The van der Waals surface area contributed by atoms with E-state index in [1.165, 1.54) is 6.20 Å². The Morgan fingerprint density at radius 2 is 2.47 bits per heavy atom. The van der Waals surface area contributed by atoms with Crippen LogP contribution in [0.25, 0.3) is 0 Å². The molecule has 96 valence electrons. The van der Waals surface area contributed by atoms with E-state index < -0.39 is 17.2 Å². The summed E-state index contributed by atoms with van der Waals surface area (Å²) in [6.07, 6.45) is 1.41. The summed E-state index contributed by atoms with van der Waals surface area (Å²) in [5.74, 6) is -0.416. The number of nitrogens with two attached hydrogens (primary N) is 1. The molecule has 1 atom stereocenters. The average Bonchev–Trinajstić information content (AvgIpc) is 2.65. The first-order valence-corrected chi connectivity index (χ1v) is 6.68. The smallest absolute Gasteiger partial charge is 0.307 e. The molecule has 1 rings (SSSR count). The maximum atomic E-state index is 11.1. The first-order valence-electron chi connectivity index (χ1n) is 4.80. The van der Waals surface area contributed by atoms with Crippen LogP contribution in [0.4, 0.5) is 10.1 Å². The number of aromatic nitrogens is 1. The number of nitrogens with zero attached hydrogens (tertiary/aromatic N) is 2. The van der Waals surface area contributed by atoms with Crippen LogP contribution in [0.5, 0.6) is 0 Å². The van der Waals surface area contributed by atoms with Gasteiger partial charge in [0.25, 0.3) is 11.3 Å². The van der Waals surface area contributed by atoms with Gasteiger partial charge in [-0.15, -0.1) is 0 Å². The Balaban J connectivity index is 2.62. The number of hydrogen-bond acceptors (Lipinski definition) is 6. The first kappa shape index (κ1) is 13.9. The Bertz CT molecular complexity index is 409. The second-order valence-electron chi connectivity index (χ2n) is 2.92. The van der Waals surface area contributed by atoms with E-state index in [1.807, 2.05) is 0 Å². The molecule has 1 heterocycles. The molecule has 0 bridgehead atoms. The van der Waals surface area contributed by atoms with E-state index in [1.54, 1.807) is 6.92 Å². The molecule has 3 N–H and O–H groups in total. The Labute approximate surface area is 105 Å². The Kier molecular flexibility index (Phi) is 5.32. The van der Waals surface area contributed by atoms with Gasteiger partial charge in [0, 0.05) is 6.54 Å². The normalized spacial score (nSPS) is 12.1. The third-order valence-corrected chi connectivity index (χ3v) is 3.49. The molecule has 0 radical (unpaired) electrons. The summed E-state index contributed by atoms with van der Waals surface area (Å²) in [6, 6.07) is 0. The molecule has 0 spiro atoms. The van der Waals surface area contributed by atoms with Crippen molar-refractivity contribution in [1.29, 1.82) is 0 Å².